The fourth-order valence-electron chi connectivity index (χ4n) is 4.29. The minimum atomic E-state index is 0.898. The van der Waals surface area contributed by atoms with Gasteiger partial charge in [0.1, 0.15) is 7.85 Å². The average molecular weight is 368 g/mol. The van der Waals surface area contributed by atoms with Crippen molar-refractivity contribution in [3.05, 3.63) is 50.9 Å². The van der Waals surface area contributed by atoms with E-state index in [0.29, 0.717) is 0 Å². The summed E-state index contributed by atoms with van der Waals surface area (Å²) in [6.07, 6.45) is 17.3. The molecule has 0 unspecified atom stereocenters. The predicted octanol–water partition coefficient (Wildman–Crippen LogP) is 5.28. The van der Waals surface area contributed by atoms with Crippen molar-refractivity contribution in [2.75, 3.05) is 0 Å². The summed E-state index contributed by atoms with van der Waals surface area (Å²) in [5, 5.41) is 5.63. The van der Waals surface area contributed by atoms with Gasteiger partial charge >= 0.3 is 0 Å². The Morgan fingerprint density at radius 2 is 1.56 bits per heavy atom. The van der Waals surface area contributed by atoms with E-state index in [-0.39, 0.29) is 0 Å². The molecule has 0 aliphatic heterocycles. The molecule has 3 aromatic rings. The van der Waals surface area contributed by atoms with Gasteiger partial charge in [-0.15, -0.1) is 11.3 Å². The van der Waals surface area contributed by atoms with Crippen LogP contribution in [0.15, 0.2) is 18.2 Å². The van der Waals surface area contributed by atoms with Crippen molar-refractivity contribution in [1.29, 1.82) is 0 Å². The topological polar surface area (TPSA) is 0 Å². The maximum atomic E-state index is 6.31. The molecular formula is C25H25BS. The molecule has 0 nitrogen and oxygen atoms in total. The van der Waals surface area contributed by atoms with E-state index in [1.165, 1.54) is 59.3 Å². The van der Waals surface area contributed by atoms with Crippen molar-refractivity contribution in [1.82, 2.24) is 0 Å². The van der Waals surface area contributed by atoms with Crippen LogP contribution in [0.2, 0.25) is 0 Å². The lowest BCUT2D eigenvalue weighted by molar-refractivity contribution is 0.925. The Balaban J connectivity index is 2.39. The Morgan fingerprint density at radius 1 is 0.889 bits per heavy atom. The van der Waals surface area contributed by atoms with Gasteiger partial charge in [0.2, 0.25) is 0 Å². The van der Waals surface area contributed by atoms with E-state index in [1.807, 2.05) is 11.3 Å². The van der Waals surface area contributed by atoms with Gasteiger partial charge in [-0.3, -0.25) is 0 Å². The van der Waals surface area contributed by atoms with Crippen molar-refractivity contribution in [2.24, 2.45) is 0 Å². The molecule has 0 amide bonds. The van der Waals surface area contributed by atoms with Crippen LogP contribution in [0.4, 0.5) is 0 Å². The molecule has 2 aromatic carbocycles. The summed E-state index contributed by atoms with van der Waals surface area (Å²) in [6, 6.07) is 2.17. The van der Waals surface area contributed by atoms with Crippen LogP contribution in [0.1, 0.15) is 55.4 Å². The second-order valence-corrected chi connectivity index (χ2v) is 8.44. The number of hydrogen-bond donors (Lipinski definition) is 0. The Morgan fingerprint density at radius 3 is 2.26 bits per heavy atom. The molecule has 2 radical (unpaired) electrons. The van der Waals surface area contributed by atoms with E-state index in [2.05, 4.69) is 70.2 Å². The van der Waals surface area contributed by atoms with Gasteiger partial charge in [-0.2, -0.15) is 0 Å². The highest BCUT2D eigenvalue weighted by Gasteiger charge is 2.17. The third kappa shape index (κ3) is 2.82. The number of allylic oxidation sites excluding steroid dienone is 2. The Hall–Kier alpha value is -2.06. The van der Waals surface area contributed by atoms with Crippen molar-refractivity contribution in [3.63, 3.8) is 0 Å². The monoisotopic (exact) mass is 368 g/mol. The van der Waals surface area contributed by atoms with Gasteiger partial charge in [0.25, 0.3) is 0 Å². The number of benzene rings is 2. The molecule has 1 aliphatic rings. The molecule has 2 heteroatoms. The fourth-order valence-corrected chi connectivity index (χ4v) is 5.66. The molecule has 1 aliphatic carbocycles. The molecular weight excluding hydrogens is 343 g/mol. The number of aryl methyl sites for hydroxylation is 1. The van der Waals surface area contributed by atoms with Crippen LogP contribution < -0.4 is 15.9 Å². The van der Waals surface area contributed by atoms with Gasteiger partial charge in [-0.1, -0.05) is 53.5 Å². The van der Waals surface area contributed by atoms with Crippen LogP contribution in [0, 0.1) is 13.8 Å². The molecule has 0 saturated carbocycles. The first-order valence-electron chi connectivity index (χ1n) is 9.82. The summed E-state index contributed by atoms with van der Waals surface area (Å²) >= 11 is 1.89. The zero-order chi connectivity index (χ0) is 19.1. The van der Waals surface area contributed by atoms with Crippen LogP contribution in [0.3, 0.4) is 0 Å². The molecule has 1 aromatic heterocycles. The first-order valence-corrected chi connectivity index (χ1v) is 10.6. The second kappa shape index (κ2) is 7.17. The van der Waals surface area contributed by atoms with Crippen molar-refractivity contribution < 1.29 is 0 Å². The van der Waals surface area contributed by atoms with E-state index in [4.69, 9.17) is 7.85 Å². The van der Waals surface area contributed by atoms with Crippen molar-refractivity contribution >= 4 is 69.1 Å². The van der Waals surface area contributed by atoms with E-state index >= 15 is 0 Å². The molecule has 1 heterocycles. The SMILES string of the molecule is [B]c1cc2sc3c(/C=C\C)c(/C=C\C)c4c(c3c2c(C)c1C)=CCCCC=4. The molecule has 27 heavy (non-hydrogen) atoms. The molecule has 134 valence electrons. The maximum Gasteiger partial charge on any atom is 0.114 e. The smallest absolute Gasteiger partial charge is 0.114 e. The Labute approximate surface area is 167 Å². The molecule has 0 saturated heterocycles. The van der Waals surface area contributed by atoms with Crippen LogP contribution >= 0.6 is 11.3 Å². The summed E-state index contributed by atoms with van der Waals surface area (Å²) in [6.45, 7) is 8.58. The average Bonchev–Trinajstić information content (AvgIpc) is 2.85. The third-order valence-electron chi connectivity index (χ3n) is 5.75. The molecule has 0 bridgehead atoms. The lowest BCUT2D eigenvalue weighted by Crippen LogP contribution is -2.28. The largest absolute Gasteiger partial charge is 0.135 e. The van der Waals surface area contributed by atoms with E-state index in [1.54, 1.807) is 0 Å². The molecule has 0 spiro atoms. The summed E-state index contributed by atoms with van der Waals surface area (Å²) in [5.74, 6) is 0. The first-order chi connectivity index (χ1) is 13.1. The molecule has 4 rings (SSSR count). The van der Waals surface area contributed by atoms with Crippen molar-refractivity contribution in [2.45, 2.75) is 47.0 Å². The standard InChI is InChI=1S/C25H25BS/c1-5-10-17-18-12-8-7-9-13-19(18)24-23-16(4)15(3)21(26)14-22(23)27-25(24)20(17)11-6-2/h5-6,10-14H,7-9H2,1-4H3/b10-5-,11-6-. The summed E-state index contributed by atoms with van der Waals surface area (Å²) in [4.78, 5) is 0. The number of rotatable bonds is 2. The van der Waals surface area contributed by atoms with Gasteiger partial charge in [0.15, 0.2) is 0 Å². The second-order valence-electron chi connectivity index (χ2n) is 7.39. The molecule has 0 N–H and O–H groups in total. The minimum absolute atomic E-state index is 0.898. The molecule has 0 atom stereocenters. The van der Waals surface area contributed by atoms with Gasteiger partial charge in [0, 0.05) is 20.2 Å². The minimum Gasteiger partial charge on any atom is -0.135 e. The quantitative estimate of drug-likeness (QED) is 0.540. The van der Waals surface area contributed by atoms with Crippen LogP contribution in [0.25, 0.3) is 44.5 Å². The lowest BCUT2D eigenvalue weighted by atomic mass is 9.86. The van der Waals surface area contributed by atoms with E-state index < -0.39 is 0 Å². The Kier molecular flexibility index (Phi) is 4.86. The molecule has 0 fully saturated rings. The first kappa shape index (κ1) is 18.3. The summed E-state index contributed by atoms with van der Waals surface area (Å²) in [5.41, 5.74) is 6.12. The zero-order valence-corrected chi connectivity index (χ0v) is 17.5. The van der Waals surface area contributed by atoms with Gasteiger partial charge in [-0.05, 0) is 74.1 Å². The maximum absolute atomic E-state index is 6.31. The highest BCUT2D eigenvalue weighted by atomic mass is 32.1. The van der Waals surface area contributed by atoms with Crippen LogP contribution in [-0.4, -0.2) is 7.85 Å². The normalized spacial score (nSPS) is 14.7. The third-order valence-corrected chi connectivity index (χ3v) is 6.92. The van der Waals surface area contributed by atoms with Gasteiger partial charge in [-0.25, -0.2) is 0 Å². The van der Waals surface area contributed by atoms with Crippen molar-refractivity contribution in [3.8, 4) is 0 Å². The number of hydrogen-bond acceptors (Lipinski definition) is 1. The summed E-state index contributed by atoms with van der Waals surface area (Å²) in [7, 11) is 6.31. The number of fused-ring (bicyclic) bond motifs is 5. The van der Waals surface area contributed by atoms with E-state index in [0.717, 1.165) is 18.3 Å². The zero-order valence-electron chi connectivity index (χ0n) is 16.6. The highest BCUT2D eigenvalue weighted by molar-refractivity contribution is 7.26. The number of thiophene rings is 1. The predicted molar refractivity (Wildman–Crippen MR) is 126 cm³/mol. The fraction of sp³-hybridized carbons (Fsp3) is 0.280. The van der Waals surface area contributed by atoms with E-state index in [9.17, 15) is 0 Å². The van der Waals surface area contributed by atoms with Gasteiger partial charge < -0.3 is 0 Å². The highest BCUT2D eigenvalue weighted by Crippen LogP contribution is 2.37. The van der Waals surface area contributed by atoms with Gasteiger partial charge in [0.05, 0.1) is 0 Å². The van der Waals surface area contributed by atoms with Crippen LogP contribution in [-0.2, 0) is 0 Å². The lowest BCUT2D eigenvalue weighted by Gasteiger charge is -2.10. The van der Waals surface area contributed by atoms with Crippen LogP contribution in [0.5, 0.6) is 0 Å². The Bertz CT molecular complexity index is 1240. The summed E-state index contributed by atoms with van der Waals surface area (Å²) < 4.78 is 2.68.